The van der Waals surface area contributed by atoms with Crippen molar-refractivity contribution < 1.29 is 4.79 Å². The molecule has 0 saturated heterocycles. The van der Waals surface area contributed by atoms with Crippen molar-refractivity contribution >= 4 is 17.5 Å². The maximum atomic E-state index is 11.7. The first-order valence-corrected chi connectivity index (χ1v) is 7.59. The maximum Gasteiger partial charge on any atom is 0.220 e. The Hall–Kier alpha value is -0.240. The van der Waals surface area contributed by atoms with Crippen molar-refractivity contribution in [2.45, 2.75) is 57.9 Å². The summed E-state index contributed by atoms with van der Waals surface area (Å²) in [5, 5.41) is 3.18. The van der Waals surface area contributed by atoms with Gasteiger partial charge in [-0.15, -0.1) is 11.6 Å². The molecule has 2 nitrogen and oxygen atoms in total. The molecule has 0 spiro atoms. The lowest BCUT2D eigenvalue weighted by atomic mass is 9.84. The van der Waals surface area contributed by atoms with E-state index in [1.54, 1.807) is 0 Å². The summed E-state index contributed by atoms with van der Waals surface area (Å²) in [6, 6.07) is 0.369. The lowest BCUT2D eigenvalue weighted by Gasteiger charge is -2.28. The van der Waals surface area contributed by atoms with Crippen LogP contribution in [0.1, 0.15) is 51.9 Å². The monoisotopic (exact) mass is 257 g/mol. The van der Waals surface area contributed by atoms with E-state index in [0.717, 1.165) is 30.6 Å². The summed E-state index contributed by atoms with van der Waals surface area (Å²) in [5.74, 6) is 3.46. The zero-order valence-electron chi connectivity index (χ0n) is 10.8. The number of rotatable bonds is 6. The van der Waals surface area contributed by atoms with Crippen LogP contribution in [-0.4, -0.2) is 17.8 Å². The Kier molecular flexibility index (Phi) is 4.72. The Balaban J connectivity index is 1.70. The number of alkyl halides is 1. The van der Waals surface area contributed by atoms with Gasteiger partial charge in [-0.05, 0) is 56.8 Å². The summed E-state index contributed by atoms with van der Waals surface area (Å²) in [6.45, 7) is 2.19. The zero-order valence-corrected chi connectivity index (χ0v) is 11.5. The Morgan fingerprint density at radius 1 is 1.35 bits per heavy atom. The maximum absolute atomic E-state index is 11.7. The van der Waals surface area contributed by atoms with E-state index in [0.29, 0.717) is 18.3 Å². The third-order valence-corrected chi connectivity index (χ3v) is 4.88. The topological polar surface area (TPSA) is 29.1 Å². The number of unbranched alkanes of at least 4 members (excludes halogenated alkanes) is 1. The molecule has 2 bridgehead atoms. The highest BCUT2D eigenvalue weighted by Gasteiger charge is 2.41. The van der Waals surface area contributed by atoms with Crippen molar-refractivity contribution in [3.8, 4) is 0 Å². The van der Waals surface area contributed by atoms with Crippen molar-refractivity contribution in [3.05, 3.63) is 0 Å². The molecule has 0 heterocycles. The molecule has 2 saturated carbocycles. The first kappa shape index (κ1) is 13.2. The van der Waals surface area contributed by atoms with Gasteiger partial charge in [0.15, 0.2) is 0 Å². The van der Waals surface area contributed by atoms with E-state index in [4.69, 9.17) is 11.6 Å². The third-order valence-electron chi connectivity index (χ3n) is 4.61. The minimum absolute atomic E-state index is 0.213. The third kappa shape index (κ3) is 3.37. The first-order valence-electron chi connectivity index (χ1n) is 7.06. The molecule has 0 radical (unpaired) electrons. The van der Waals surface area contributed by atoms with Gasteiger partial charge < -0.3 is 5.32 Å². The molecule has 4 atom stereocenters. The average Bonchev–Trinajstić information content (AvgIpc) is 2.91. The van der Waals surface area contributed by atoms with Crippen LogP contribution in [0.15, 0.2) is 0 Å². The fourth-order valence-corrected chi connectivity index (χ4v) is 3.91. The molecule has 1 N–H and O–H groups in total. The van der Waals surface area contributed by atoms with Gasteiger partial charge in [0.05, 0.1) is 0 Å². The molecule has 3 heteroatoms. The average molecular weight is 258 g/mol. The number of hydrogen-bond acceptors (Lipinski definition) is 1. The van der Waals surface area contributed by atoms with E-state index in [1.807, 2.05) is 0 Å². The van der Waals surface area contributed by atoms with Gasteiger partial charge in [0.25, 0.3) is 0 Å². The highest BCUT2D eigenvalue weighted by Crippen LogP contribution is 2.49. The summed E-state index contributed by atoms with van der Waals surface area (Å²) < 4.78 is 0. The molecule has 0 aromatic rings. The van der Waals surface area contributed by atoms with Gasteiger partial charge in [-0.3, -0.25) is 4.79 Å². The number of amides is 1. The number of carbonyl (C=O) groups is 1. The lowest BCUT2D eigenvalue weighted by molar-refractivity contribution is -0.122. The second-order valence-electron chi connectivity index (χ2n) is 5.84. The minimum Gasteiger partial charge on any atom is -0.353 e. The van der Waals surface area contributed by atoms with Crippen LogP contribution in [0.4, 0.5) is 0 Å². The van der Waals surface area contributed by atoms with Crippen molar-refractivity contribution in [1.82, 2.24) is 5.32 Å². The van der Waals surface area contributed by atoms with Crippen LogP contribution in [0.2, 0.25) is 0 Å². The summed E-state index contributed by atoms with van der Waals surface area (Å²) in [7, 11) is 0. The number of nitrogens with one attached hydrogen (secondary N) is 1. The second-order valence-corrected chi connectivity index (χ2v) is 6.22. The van der Waals surface area contributed by atoms with Crippen molar-refractivity contribution in [1.29, 1.82) is 0 Å². The molecule has 0 aromatic carbocycles. The normalized spacial score (nSPS) is 32.7. The molecule has 2 rings (SSSR count). The largest absolute Gasteiger partial charge is 0.353 e. The second kappa shape index (κ2) is 6.08. The van der Waals surface area contributed by atoms with E-state index < -0.39 is 0 Å². The van der Waals surface area contributed by atoms with Crippen molar-refractivity contribution in [2.75, 3.05) is 5.88 Å². The van der Waals surface area contributed by atoms with Crippen molar-refractivity contribution in [2.24, 2.45) is 17.8 Å². The Labute approximate surface area is 109 Å². The fourth-order valence-electron chi connectivity index (χ4n) is 3.72. The molecule has 4 unspecified atom stereocenters. The smallest absolute Gasteiger partial charge is 0.220 e. The molecule has 2 aliphatic rings. The number of halogens is 1. The molecule has 17 heavy (non-hydrogen) atoms. The predicted octanol–water partition coefficient (Wildman–Crippen LogP) is 3.34. The van der Waals surface area contributed by atoms with Crippen LogP contribution >= 0.6 is 11.6 Å². The Bertz CT molecular complexity index is 269. The Morgan fingerprint density at radius 2 is 2.18 bits per heavy atom. The van der Waals surface area contributed by atoms with Gasteiger partial charge in [-0.2, -0.15) is 0 Å². The van der Waals surface area contributed by atoms with Crippen molar-refractivity contribution in [3.63, 3.8) is 0 Å². The van der Waals surface area contributed by atoms with Crippen LogP contribution in [0.5, 0.6) is 0 Å². The van der Waals surface area contributed by atoms with Crippen LogP contribution in [0.3, 0.4) is 0 Å². The van der Waals surface area contributed by atoms with Crippen LogP contribution < -0.4 is 5.32 Å². The van der Waals surface area contributed by atoms with Crippen LogP contribution in [-0.2, 0) is 4.79 Å². The molecule has 98 valence electrons. The molecule has 1 amide bonds. The number of hydrogen-bond donors (Lipinski definition) is 1. The highest BCUT2D eigenvalue weighted by atomic mass is 35.5. The van der Waals surface area contributed by atoms with Gasteiger partial charge >= 0.3 is 0 Å². The molecular formula is C14H24ClNO. The molecular weight excluding hydrogens is 234 g/mol. The first-order chi connectivity index (χ1) is 8.20. The molecule has 0 aliphatic heterocycles. The van der Waals surface area contributed by atoms with Gasteiger partial charge in [-0.1, -0.05) is 6.42 Å². The van der Waals surface area contributed by atoms with Gasteiger partial charge in [0, 0.05) is 18.3 Å². The van der Waals surface area contributed by atoms with Gasteiger partial charge in [0.1, 0.15) is 0 Å². The summed E-state index contributed by atoms with van der Waals surface area (Å²) in [5.41, 5.74) is 0. The standard InChI is InChI=1S/C14H24ClNO/c1-10(16-14(17)4-2-3-7-15)13-9-11-5-6-12(13)8-11/h10-13H,2-9H2,1H3,(H,16,17). The van der Waals surface area contributed by atoms with Gasteiger partial charge in [-0.25, -0.2) is 0 Å². The fraction of sp³-hybridized carbons (Fsp3) is 0.929. The molecule has 0 aromatic heterocycles. The van der Waals surface area contributed by atoms with Gasteiger partial charge in [0.2, 0.25) is 5.91 Å². The quantitative estimate of drug-likeness (QED) is 0.574. The highest BCUT2D eigenvalue weighted by molar-refractivity contribution is 6.17. The van der Waals surface area contributed by atoms with Crippen LogP contribution in [0.25, 0.3) is 0 Å². The van der Waals surface area contributed by atoms with Crippen LogP contribution in [0, 0.1) is 17.8 Å². The van der Waals surface area contributed by atoms with E-state index in [1.165, 1.54) is 25.7 Å². The SMILES string of the molecule is CC(NC(=O)CCCCCl)C1CC2CCC1C2. The summed E-state index contributed by atoms with van der Waals surface area (Å²) in [4.78, 5) is 11.7. The predicted molar refractivity (Wildman–Crippen MR) is 71.1 cm³/mol. The van der Waals surface area contributed by atoms with E-state index in [2.05, 4.69) is 12.2 Å². The van der Waals surface area contributed by atoms with E-state index in [9.17, 15) is 4.79 Å². The minimum atomic E-state index is 0.213. The lowest BCUT2D eigenvalue weighted by Crippen LogP contribution is -2.40. The van der Waals surface area contributed by atoms with E-state index in [-0.39, 0.29) is 5.91 Å². The zero-order chi connectivity index (χ0) is 12.3. The van der Waals surface area contributed by atoms with E-state index >= 15 is 0 Å². The number of carbonyl (C=O) groups excluding carboxylic acids is 1. The summed E-state index contributed by atoms with van der Waals surface area (Å²) >= 11 is 5.61. The molecule has 2 fully saturated rings. The summed E-state index contributed by atoms with van der Waals surface area (Å²) in [6.07, 6.45) is 8.07. The number of fused-ring (bicyclic) bond motifs is 2. The molecule has 2 aliphatic carbocycles. The Morgan fingerprint density at radius 3 is 2.76 bits per heavy atom.